The number of rotatable bonds is 18. The number of nitrogens with two attached hydrogens (primary N) is 1. The van der Waals surface area contributed by atoms with Crippen molar-refractivity contribution in [3.8, 4) is 0 Å². The van der Waals surface area contributed by atoms with Gasteiger partial charge in [0.15, 0.2) is 5.78 Å². The topological polar surface area (TPSA) is 139 Å². The van der Waals surface area contributed by atoms with E-state index >= 15 is 0 Å². The molecule has 5 N–H and O–H groups in total. The first-order valence-corrected chi connectivity index (χ1v) is 11.0. The van der Waals surface area contributed by atoms with Crippen LogP contribution >= 0.6 is 7.82 Å². The summed E-state index contributed by atoms with van der Waals surface area (Å²) in [5, 5.41) is 17.8. The Morgan fingerprint density at radius 3 is 2.12 bits per heavy atom. The summed E-state index contributed by atoms with van der Waals surface area (Å²) in [6.45, 7) is 0.772. The highest BCUT2D eigenvalue weighted by molar-refractivity contribution is 7.47. The van der Waals surface area contributed by atoms with Crippen LogP contribution < -0.4 is 5.73 Å². The zero-order valence-corrected chi connectivity index (χ0v) is 16.7. The first kappa shape index (κ1) is 25.7. The van der Waals surface area contributed by atoms with E-state index in [1.807, 2.05) is 0 Å². The van der Waals surface area contributed by atoms with Crippen LogP contribution in [0.25, 0.3) is 0 Å². The number of unbranched alkanes of at least 4 members (excludes halogenated alkanes) is 8. The summed E-state index contributed by atoms with van der Waals surface area (Å²) in [4.78, 5) is 21.6. The maximum absolute atomic E-state index is 12.1. The summed E-state index contributed by atoms with van der Waals surface area (Å²) in [5.74, 6) is -0.337. The lowest BCUT2D eigenvalue weighted by atomic mass is 10.0. The molecule has 2 unspecified atom stereocenters. The number of hydrogen-bond acceptors (Lipinski definition) is 7. The molecule has 0 heterocycles. The molecule has 0 aromatic rings. The molecule has 0 aliphatic rings. The third kappa shape index (κ3) is 13.8. The second-order valence-corrected chi connectivity index (χ2v) is 7.88. The van der Waals surface area contributed by atoms with E-state index in [1.54, 1.807) is 0 Å². The van der Waals surface area contributed by atoms with Crippen molar-refractivity contribution in [3.05, 3.63) is 0 Å². The van der Waals surface area contributed by atoms with Crippen LogP contribution in [0.4, 0.5) is 0 Å². The molecule has 0 bridgehead atoms. The fourth-order valence-corrected chi connectivity index (χ4v) is 3.37. The van der Waals surface area contributed by atoms with Crippen molar-refractivity contribution in [2.24, 2.45) is 5.73 Å². The third-order valence-electron chi connectivity index (χ3n) is 4.00. The molecular formula is C17H36NO7P. The summed E-state index contributed by atoms with van der Waals surface area (Å²) < 4.78 is 21.1. The highest BCUT2D eigenvalue weighted by Gasteiger charge is 2.30. The average molecular weight is 397 g/mol. The summed E-state index contributed by atoms with van der Waals surface area (Å²) in [7, 11) is -4.52. The summed E-state index contributed by atoms with van der Waals surface area (Å²) in [5.41, 5.74) is 5.45. The Morgan fingerprint density at radius 1 is 1.08 bits per heavy atom. The van der Waals surface area contributed by atoms with Gasteiger partial charge in [-0.2, -0.15) is 0 Å². The number of phosphoric ester groups is 1. The maximum atomic E-state index is 12.1. The third-order valence-corrected chi connectivity index (χ3v) is 5.00. The minimum atomic E-state index is -4.52. The van der Waals surface area contributed by atoms with E-state index in [1.165, 1.54) is 32.1 Å². The van der Waals surface area contributed by atoms with Gasteiger partial charge in [0.25, 0.3) is 0 Å². The lowest BCUT2D eigenvalue weighted by Gasteiger charge is -2.19. The molecule has 0 radical (unpaired) electrons. The largest absolute Gasteiger partial charge is 0.473 e. The zero-order chi connectivity index (χ0) is 19.8. The number of ketones is 1. The molecule has 0 spiro atoms. The van der Waals surface area contributed by atoms with Gasteiger partial charge in [-0.25, -0.2) is 4.57 Å². The van der Waals surface area contributed by atoms with Gasteiger partial charge in [0.1, 0.15) is 12.2 Å². The molecule has 0 aliphatic carbocycles. The second kappa shape index (κ2) is 15.7. The van der Waals surface area contributed by atoms with Gasteiger partial charge >= 0.3 is 7.82 Å². The SMILES string of the molecule is CCCCCCCCCCCC(=O)C(CN)OP(=O)(O)OC[C@H](O)CO. The van der Waals surface area contributed by atoms with Crippen LogP contribution in [0.15, 0.2) is 0 Å². The minimum absolute atomic E-state index is 0.229. The lowest BCUT2D eigenvalue weighted by Crippen LogP contribution is -2.32. The highest BCUT2D eigenvalue weighted by Crippen LogP contribution is 2.44. The van der Waals surface area contributed by atoms with Crippen molar-refractivity contribution in [1.29, 1.82) is 0 Å². The number of aliphatic hydroxyl groups is 2. The van der Waals surface area contributed by atoms with Crippen LogP contribution in [0.2, 0.25) is 0 Å². The second-order valence-electron chi connectivity index (χ2n) is 6.48. The van der Waals surface area contributed by atoms with Crippen molar-refractivity contribution in [1.82, 2.24) is 0 Å². The van der Waals surface area contributed by atoms with E-state index in [9.17, 15) is 14.3 Å². The van der Waals surface area contributed by atoms with E-state index in [4.69, 9.17) is 20.5 Å². The van der Waals surface area contributed by atoms with Crippen LogP contribution in [0.3, 0.4) is 0 Å². The van der Waals surface area contributed by atoms with Crippen molar-refractivity contribution < 1.29 is 33.5 Å². The molecule has 26 heavy (non-hydrogen) atoms. The predicted octanol–water partition coefficient (Wildman–Crippen LogP) is 2.29. The van der Waals surface area contributed by atoms with Crippen molar-refractivity contribution in [2.45, 2.75) is 83.3 Å². The average Bonchev–Trinajstić information content (AvgIpc) is 2.62. The molecule has 0 amide bonds. The van der Waals surface area contributed by atoms with E-state index < -0.39 is 33.2 Å². The summed E-state index contributed by atoms with van der Waals surface area (Å²) in [6.07, 6.45) is 7.82. The molecule has 0 aromatic carbocycles. The van der Waals surface area contributed by atoms with Gasteiger partial charge in [-0.05, 0) is 6.42 Å². The van der Waals surface area contributed by atoms with Crippen LogP contribution in [0.1, 0.15) is 71.1 Å². The minimum Gasteiger partial charge on any atom is -0.394 e. The van der Waals surface area contributed by atoms with Crippen molar-refractivity contribution >= 4 is 13.6 Å². The fourth-order valence-electron chi connectivity index (χ4n) is 2.43. The highest BCUT2D eigenvalue weighted by atomic mass is 31.2. The standard InChI is InChI=1S/C17H36NO7P/c1-2-3-4-5-6-7-8-9-10-11-16(21)17(12-18)25-26(22,23)24-14-15(20)13-19/h15,17,19-20H,2-14,18H2,1H3,(H,22,23)/t15-,17?/m1/s1. The van der Waals surface area contributed by atoms with E-state index in [-0.39, 0.29) is 18.7 Å². The molecule has 0 aromatic heterocycles. The van der Waals surface area contributed by atoms with Gasteiger partial charge < -0.3 is 20.8 Å². The normalized spacial score (nSPS) is 16.2. The van der Waals surface area contributed by atoms with Crippen LogP contribution in [0.5, 0.6) is 0 Å². The first-order valence-electron chi connectivity index (χ1n) is 9.53. The van der Waals surface area contributed by atoms with Crippen LogP contribution in [-0.2, 0) is 18.4 Å². The molecule has 9 heteroatoms. The molecule has 156 valence electrons. The summed E-state index contributed by atoms with van der Waals surface area (Å²) >= 11 is 0. The number of aliphatic hydroxyl groups excluding tert-OH is 2. The van der Waals surface area contributed by atoms with Gasteiger partial charge in [0.05, 0.1) is 13.2 Å². The Hall–Kier alpha value is -0.340. The zero-order valence-electron chi connectivity index (χ0n) is 15.8. The van der Waals surface area contributed by atoms with E-state index in [2.05, 4.69) is 11.4 Å². The van der Waals surface area contributed by atoms with Crippen molar-refractivity contribution in [2.75, 3.05) is 19.8 Å². The Balaban J connectivity index is 3.97. The Kier molecular flexibility index (Phi) is 15.5. The first-order chi connectivity index (χ1) is 12.4. The quantitative estimate of drug-likeness (QED) is 0.204. The smallest absolute Gasteiger partial charge is 0.394 e. The Bertz CT molecular complexity index is 409. The molecule has 0 aliphatic heterocycles. The molecule has 8 nitrogen and oxygen atoms in total. The number of carbonyl (C=O) groups excluding carboxylic acids is 1. The van der Waals surface area contributed by atoms with Crippen LogP contribution in [-0.4, -0.2) is 52.9 Å². The van der Waals surface area contributed by atoms with Crippen molar-refractivity contribution in [3.63, 3.8) is 0 Å². The molecule has 0 saturated carbocycles. The van der Waals surface area contributed by atoms with Gasteiger partial charge in [0, 0.05) is 13.0 Å². The number of hydrogen-bond donors (Lipinski definition) is 4. The van der Waals surface area contributed by atoms with E-state index in [0.29, 0.717) is 6.42 Å². The molecular weight excluding hydrogens is 361 g/mol. The fraction of sp³-hybridized carbons (Fsp3) is 0.941. The van der Waals surface area contributed by atoms with Gasteiger partial charge in [-0.15, -0.1) is 0 Å². The molecule has 0 fully saturated rings. The van der Waals surface area contributed by atoms with Crippen LogP contribution in [0, 0.1) is 0 Å². The lowest BCUT2D eigenvalue weighted by molar-refractivity contribution is -0.126. The molecule has 3 atom stereocenters. The predicted molar refractivity (Wildman–Crippen MR) is 99.6 cm³/mol. The molecule has 0 saturated heterocycles. The number of carbonyl (C=O) groups is 1. The Morgan fingerprint density at radius 2 is 1.62 bits per heavy atom. The molecule has 0 rings (SSSR count). The number of phosphoric acid groups is 1. The van der Waals surface area contributed by atoms with E-state index in [0.717, 1.165) is 19.3 Å². The van der Waals surface area contributed by atoms with Gasteiger partial charge in [-0.3, -0.25) is 13.8 Å². The summed E-state index contributed by atoms with van der Waals surface area (Å²) in [6, 6.07) is 0. The van der Waals surface area contributed by atoms with Gasteiger partial charge in [-0.1, -0.05) is 58.3 Å². The monoisotopic (exact) mass is 397 g/mol. The van der Waals surface area contributed by atoms with Gasteiger partial charge in [0.2, 0.25) is 0 Å². The Labute approximate surface area is 156 Å². The number of Topliss-reactive ketones (excluding diaryl/α,β-unsaturated/α-hetero) is 1. The maximum Gasteiger partial charge on any atom is 0.473 e.